The van der Waals surface area contributed by atoms with Crippen molar-refractivity contribution in [3.8, 4) is 44.5 Å². The van der Waals surface area contributed by atoms with Crippen LogP contribution in [-0.4, -0.2) is 0 Å². The Morgan fingerprint density at radius 1 is 0.253 bits per heavy atom. The van der Waals surface area contributed by atoms with Crippen LogP contribution < -0.4 is 9.80 Å². The van der Waals surface area contributed by atoms with Crippen LogP contribution in [0.15, 0.2) is 268 Å². The molecule has 394 valence electrons. The first-order chi connectivity index (χ1) is 40.6. The molecule has 0 aliphatic heterocycles. The van der Waals surface area contributed by atoms with E-state index in [1.165, 1.54) is 66.8 Å². The minimum atomic E-state index is -0.228. The predicted octanol–water partition coefficient (Wildman–Crippen LogP) is 22.3. The van der Waals surface area contributed by atoms with Gasteiger partial charge in [0.25, 0.3) is 0 Å². The third-order valence-electron chi connectivity index (χ3n) is 18.2. The summed E-state index contributed by atoms with van der Waals surface area (Å²) in [6.07, 6.45) is 0. The van der Waals surface area contributed by atoms with E-state index in [0.29, 0.717) is 0 Å². The number of fused-ring (bicyclic) bond motifs is 15. The van der Waals surface area contributed by atoms with Crippen LogP contribution in [0.3, 0.4) is 0 Å². The average Bonchev–Trinajstić information content (AvgIpc) is 3.22. The molecule has 0 fully saturated rings. The number of nitrogens with zero attached hydrogens (tertiary/aromatic N) is 2. The second kappa shape index (κ2) is 17.6. The molecule has 0 radical (unpaired) electrons. The highest BCUT2D eigenvalue weighted by molar-refractivity contribution is 6.19. The van der Waals surface area contributed by atoms with Crippen molar-refractivity contribution < 1.29 is 13.3 Å². The third kappa shape index (κ3) is 7.07. The van der Waals surface area contributed by atoms with Crippen LogP contribution in [0.4, 0.5) is 34.1 Å². The highest BCUT2D eigenvalue weighted by Crippen LogP contribution is 2.57. The summed E-state index contributed by atoms with van der Waals surface area (Å²) in [6, 6.07) is 92.1. The number of anilines is 6. The number of furan rings is 3. The molecule has 0 bridgehead atoms. The van der Waals surface area contributed by atoms with Crippen LogP contribution in [0.2, 0.25) is 0 Å². The van der Waals surface area contributed by atoms with Gasteiger partial charge < -0.3 is 23.1 Å². The van der Waals surface area contributed by atoms with Crippen molar-refractivity contribution in [2.45, 2.75) is 38.5 Å². The van der Waals surface area contributed by atoms with Gasteiger partial charge in [-0.2, -0.15) is 0 Å². The minimum absolute atomic E-state index is 0.228. The van der Waals surface area contributed by atoms with E-state index in [4.69, 9.17) is 13.3 Å². The molecule has 0 N–H and O–H groups in total. The van der Waals surface area contributed by atoms with Crippen LogP contribution in [0.25, 0.3) is 110 Å². The summed E-state index contributed by atoms with van der Waals surface area (Å²) in [5.74, 6) is 0. The smallest absolute Gasteiger partial charge is 0.137 e. The summed E-state index contributed by atoms with van der Waals surface area (Å²) in [6.45, 7) is 9.41. The van der Waals surface area contributed by atoms with Gasteiger partial charge in [-0.25, -0.2) is 0 Å². The number of hydrogen-bond acceptors (Lipinski definition) is 5. The van der Waals surface area contributed by atoms with Gasteiger partial charge in [0.1, 0.15) is 33.5 Å². The normalized spacial score (nSPS) is 13.7. The first-order valence-electron chi connectivity index (χ1n) is 28.7. The maximum absolute atomic E-state index is 6.94. The van der Waals surface area contributed by atoms with Gasteiger partial charge in [-0.1, -0.05) is 185 Å². The zero-order valence-corrected chi connectivity index (χ0v) is 46.4. The molecule has 0 saturated carbocycles. The van der Waals surface area contributed by atoms with E-state index >= 15 is 0 Å². The quantitative estimate of drug-likeness (QED) is 0.152. The van der Waals surface area contributed by atoms with Gasteiger partial charge in [-0.15, -0.1) is 0 Å². The van der Waals surface area contributed by atoms with Crippen LogP contribution in [0, 0.1) is 0 Å². The molecule has 2 aliphatic rings. The monoisotopic (exact) mass is 1070 g/mol. The van der Waals surface area contributed by atoms with E-state index in [-0.39, 0.29) is 10.8 Å². The zero-order valence-electron chi connectivity index (χ0n) is 46.4. The number of hydrogen-bond donors (Lipinski definition) is 0. The summed E-state index contributed by atoms with van der Waals surface area (Å²) in [4.78, 5) is 4.81. The fraction of sp³-hybridized carbons (Fsp3) is 0.0769. The largest absolute Gasteiger partial charge is 0.456 e. The average molecular weight is 1070 g/mol. The Morgan fingerprint density at radius 2 is 0.566 bits per heavy atom. The van der Waals surface area contributed by atoms with Crippen LogP contribution in [0.5, 0.6) is 0 Å². The van der Waals surface area contributed by atoms with E-state index in [1.54, 1.807) is 0 Å². The van der Waals surface area contributed by atoms with E-state index in [9.17, 15) is 0 Å². The molecule has 0 saturated heterocycles. The van der Waals surface area contributed by atoms with Gasteiger partial charge in [0, 0.05) is 78.0 Å². The van der Waals surface area contributed by atoms with Gasteiger partial charge in [0.05, 0.1) is 11.4 Å². The highest BCUT2D eigenvalue weighted by atomic mass is 16.3. The molecule has 3 heterocycles. The Hall–Kier alpha value is -10.4. The fourth-order valence-corrected chi connectivity index (χ4v) is 14.3. The van der Waals surface area contributed by atoms with Crippen LogP contribution in [-0.2, 0) is 10.8 Å². The molecule has 0 amide bonds. The molecular weight excluding hydrogens is 1010 g/mol. The molecule has 83 heavy (non-hydrogen) atoms. The summed E-state index contributed by atoms with van der Waals surface area (Å²) in [7, 11) is 0. The Kier molecular flexibility index (Phi) is 10.0. The zero-order chi connectivity index (χ0) is 55.3. The predicted molar refractivity (Wildman–Crippen MR) is 344 cm³/mol. The fourth-order valence-electron chi connectivity index (χ4n) is 14.3. The molecule has 15 aromatic rings. The summed E-state index contributed by atoms with van der Waals surface area (Å²) >= 11 is 0. The van der Waals surface area contributed by atoms with E-state index in [1.807, 2.05) is 0 Å². The molecule has 5 nitrogen and oxygen atoms in total. The second-order valence-electron chi connectivity index (χ2n) is 23.6. The van der Waals surface area contributed by atoms with E-state index in [0.717, 1.165) is 99.9 Å². The lowest BCUT2D eigenvalue weighted by Crippen LogP contribution is -2.20. The molecule has 3 aromatic heterocycles. The molecule has 17 rings (SSSR count). The van der Waals surface area contributed by atoms with Crippen molar-refractivity contribution in [2.24, 2.45) is 0 Å². The van der Waals surface area contributed by atoms with Crippen molar-refractivity contribution in [2.75, 3.05) is 9.80 Å². The molecule has 5 heteroatoms. The maximum atomic E-state index is 6.94. The van der Waals surface area contributed by atoms with Crippen LogP contribution >= 0.6 is 0 Å². The number of rotatable bonds is 8. The van der Waals surface area contributed by atoms with Crippen molar-refractivity contribution >= 4 is 99.9 Å². The number of benzene rings is 12. The highest BCUT2D eigenvalue weighted by Gasteiger charge is 2.40. The minimum Gasteiger partial charge on any atom is -0.456 e. The maximum Gasteiger partial charge on any atom is 0.137 e. The molecule has 0 spiro atoms. The van der Waals surface area contributed by atoms with Crippen molar-refractivity contribution in [1.29, 1.82) is 0 Å². The second-order valence-corrected chi connectivity index (χ2v) is 23.6. The molecule has 0 unspecified atom stereocenters. The standard InChI is InChI=1S/C78H54N2O3/c1-77(2)65-25-13-11-21-55(65)59-23-15-27-67(75(59)77)79(51-33-29-49(30-34-51)47-17-7-5-8-18-47)53-37-39-57-61-43-73-63(45-71(61)81-69(57)41-53)64-46-72-62(44-74(64)83-73)58-40-38-54(42-70(58)82-72)80(52-35-31-50(32-36-52)48-19-9-6-10-20-48)68-28-16-24-60-56-22-12-14-26-66(56)78(3,4)76(60)68/h5-46H,1-4H3. The summed E-state index contributed by atoms with van der Waals surface area (Å²) < 4.78 is 20.7. The lowest BCUT2D eigenvalue weighted by atomic mass is 9.81. The molecular formula is C78H54N2O3. The van der Waals surface area contributed by atoms with Crippen molar-refractivity contribution in [3.63, 3.8) is 0 Å². The Labute approximate surface area is 480 Å². The Balaban J connectivity index is 0.771. The van der Waals surface area contributed by atoms with Gasteiger partial charge in [-0.3, -0.25) is 0 Å². The van der Waals surface area contributed by atoms with Gasteiger partial charge in [-0.05, 0) is 152 Å². The molecule has 0 atom stereocenters. The summed E-state index contributed by atoms with van der Waals surface area (Å²) in [5, 5.41) is 6.02. The Bertz CT molecular complexity index is 4820. The lowest BCUT2D eigenvalue weighted by Gasteiger charge is -2.32. The topological polar surface area (TPSA) is 45.9 Å². The van der Waals surface area contributed by atoms with E-state index < -0.39 is 0 Å². The summed E-state index contributed by atoms with van der Waals surface area (Å²) in [5.41, 5.74) is 25.9. The van der Waals surface area contributed by atoms with E-state index in [2.05, 4.69) is 292 Å². The van der Waals surface area contributed by atoms with Crippen molar-refractivity contribution in [1.82, 2.24) is 0 Å². The molecule has 12 aromatic carbocycles. The third-order valence-corrected chi connectivity index (χ3v) is 18.2. The van der Waals surface area contributed by atoms with Gasteiger partial charge >= 0.3 is 0 Å². The first-order valence-corrected chi connectivity index (χ1v) is 28.7. The molecule has 2 aliphatic carbocycles. The SMILES string of the molecule is CC1(C)c2ccccc2-c2cccc(N(c3ccc(-c4ccccc4)cc3)c3ccc4c(c3)oc3cc5c(cc34)oc3cc4c(cc35)oc3cc(N(c5ccc(-c6ccccc6)cc5)c5cccc6c5C(C)(C)c5ccccc5-6)ccc34)c21. The van der Waals surface area contributed by atoms with Gasteiger partial charge in [0.2, 0.25) is 0 Å². The first kappa shape index (κ1) is 47.4. The Morgan fingerprint density at radius 3 is 0.964 bits per heavy atom. The lowest BCUT2D eigenvalue weighted by molar-refractivity contribution is 0.660. The van der Waals surface area contributed by atoms with Gasteiger partial charge in [0.15, 0.2) is 0 Å². The van der Waals surface area contributed by atoms with Crippen molar-refractivity contribution in [3.05, 3.63) is 277 Å². The van der Waals surface area contributed by atoms with Crippen LogP contribution in [0.1, 0.15) is 49.9 Å².